The van der Waals surface area contributed by atoms with Gasteiger partial charge in [0.15, 0.2) is 0 Å². The van der Waals surface area contributed by atoms with Crippen LogP contribution in [0.4, 0.5) is 0 Å². The van der Waals surface area contributed by atoms with Gasteiger partial charge >= 0.3 is 5.97 Å². The minimum Gasteiger partial charge on any atom is -0.466 e. The van der Waals surface area contributed by atoms with Crippen LogP contribution in [0.1, 0.15) is 52.9 Å². The van der Waals surface area contributed by atoms with Crippen LogP contribution in [0.3, 0.4) is 0 Å². The molecule has 0 aliphatic heterocycles. The SMILES string of the molecule is CCOC(=O)C1CCC(O)(COCCC(C)(C)OC)CC1. The Morgan fingerprint density at radius 3 is 2.48 bits per heavy atom. The molecule has 0 bridgehead atoms. The second kappa shape index (κ2) is 8.11. The van der Waals surface area contributed by atoms with Crippen LogP contribution < -0.4 is 0 Å². The lowest BCUT2D eigenvalue weighted by Crippen LogP contribution is -2.41. The summed E-state index contributed by atoms with van der Waals surface area (Å²) in [5.74, 6) is -0.208. The lowest BCUT2D eigenvalue weighted by Gasteiger charge is -2.35. The first-order valence-electron chi connectivity index (χ1n) is 7.84. The lowest BCUT2D eigenvalue weighted by molar-refractivity contribution is -0.152. The molecule has 1 rings (SSSR count). The average molecular weight is 302 g/mol. The van der Waals surface area contributed by atoms with Crippen molar-refractivity contribution in [2.75, 3.05) is 26.9 Å². The van der Waals surface area contributed by atoms with Crippen molar-refractivity contribution in [3.05, 3.63) is 0 Å². The Bertz CT molecular complexity index is 319. The van der Waals surface area contributed by atoms with Gasteiger partial charge in [-0.25, -0.2) is 0 Å². The molecular weight excluding hydrogens is 272 g/mol. The Kier molecular flexibility index (Phi) is 7.10. The molecule has 0 aromatic heterocycles. The smallest absolute Gasteiger partial charge is 0.308 e. The molecule has 21 heavy (non-hydrogen) atoms. The third kappa shape index (κ3) is 6.32. The molecule has 0 atom stereocenters. The molecule has 1 aliphatic rings. The number of hydrogen-bond acceptors (Lipinski definition) is 5. The summed E-state index contributed by atoms with van der Waals surface area (Å²) < 4.78 is 16.0. The molecule has 5 heteroatoms. The van der Waals surface area contributed by atoms with Gasteiger partial charge in [-0.15, -0.1) is 0 Å². The number of esters is 1. The predicted octanol–water partition coefficient (Wildman–Crippen LogP) is 2.30. The highest BCUT2D eigenvalue weighted by atomic mass is 16.5. The normalized spacial score (nSPS) is 26.6. The van der Waals surface area contributed by atoms with E-state index in [2.05, 4.69) is 0 Å². The van der Waals surface area contributed by atoms with E-state index in [1.807, 2.05) is 20.8 Å². The predicted molar refractivity (Wildman–Crippen MR) is 80.1 cm³/mol. The van der Waals surface area contributed by atoms with E-state index in [0.29, 0.717) is 45.5 Å². The number of hydrogen-bond donors (Lipinski definition) is 1. The maximum Gasteiger partial charge on any atom is 0.308 e. The highest BCUT2D eigenvalue weighted by Gasteiger charge is 2.36. The molecule has 1 fully saturated rings. The summed E-state index contributed by atoms with van der Waals surface area (Å²) in [7, 11) is 1.68. The van der Waals surface area contributed by atoms with Crippen molar-refractivity contribution in [2.24, 2.45) is 5.92 Å². The minimum atomic E-state index is -0.805. The van der Waals surface area contributed by atoms with Crippen LogP contribution in [0, 0.1) is 5.92 Å². The molecular formula is C16H30O5. The first kappa shape index (κ1) is 18.4. The van der Waals surface area contributed by atoms with E-state index < -0.39 is 5.60 Å². The molecule has 1 saturated carbocycles. The Morgan fingerprint density at radius 1 is 1.33 bits per heavy atom. The minimum absolute atomic E-state index is 0.0716. The molecule has 0 radical (unpaired) electrons. The van der Waals surface area contributed by atoms with Crippen molar-refractivity contribution < 1.29 is 24.1 Å². The molecule has 0 aromatic carbocycles. The summed E-state index contributed by atoms with van der Waals surface area (Å²) >= 11 is 0. The monoisotopic (exact) mass is 302 g/mol. The van der Waals surface area contributed by atoms with E-state index in [-0.39, 0.29) is 17.5 Å². The van der Waals surface area contributed by atoms with Crippen molar-refractivity contribution >= 4 is 5.97 Å². The molecule has 0 unspecified atom stereocenters. The molecule has 0 saturated heterocycles. The third-order valence-corrected chi connectivity index (χ3v) is 4.31. The molecule has 0 amide bonds. The van der Waals surface area contributed by atoms with Gasteiger partial charge in [0, 0.05) is 13.7 Å². The van der Waals surface area contributed by atoms with Gasteiger partial charge in [0.25, 0.3) is 0 Å². The van der Waals surface area contributed by atoms with Gasteiger partial charge in [-0.2, -0.15) is 0 Å². The summed E-state index contributed by atoms with van der Waals surface area (Å²) in [4.78, 5) is 11.7. The standard InChI is InChI=1S/C16H30O5/c1-5-21-14(17)13-6-8-16(18,9-7-13)12-20-11-10-15(2,3)19-4/h13,18H,5-12H2,1-4H3. The first-order chi connectivity index (χ1) is 9.82. The second-order valence-electron chi connectivity index (χ2n) is 6.52. The summed E-state index contributed by atoms with van der Waals surface area (Å²) in [6.07, 6.45) is 3.30. The van der Waals surface area contributed by atoms with E-state index in [0.717, 1.165) is 6.42 Å². The third-order valence-electron chi connectivity index (χ3n) is 4.31. The molecule has 1 aliphatic carbocycles. The Labute approximate surface area is 128 Å². The van der Waals surface area contributed by atoms with Crippen LogP contribution in [0.25, 0.3) is 0 Å². The zero-order valence-corrected chi connectivity index (χ0v) is 13.8. The summed E-state index contributed by atoms with van der Waals surface area (Å²) in [6, 6.07) is 0. The average Bonchev–Trinajstić information content (AvgIpc) is 2.45. The van der Waals surface area contributed by atoms with Gasteiger partial charge in [-0.05, 0) is 52.9 Å². The molecule has 0 spiro atoms. The van der Waals surface area contributed by atoms with Gasteiger partial charge in [0.1, 0.15) is 0 Å². The number of carbonyl (C=O) groups excluding carboxylic acids is 1. The molecule has 0 heterocycles. The van der Waals surface area contributed by atoms with E-state index >= 15 is 0 Å². The highest BCUT2D eigenvalue weighted by Crippen LogP contribution is 2.33. The number of methoxy groups -OCH3 is 1. The van der Waals surface area contributed by atoms with Crippen LogP contribution >= 0.6 is 0 Å². The van der Waals surface area contributed by atoms with Crippen LogP contribution in [0.15, 0.2) is 0 Å². The van der Waals surface area contributed by atoms with Gasteiger partial charge in [0.2, 0.25) is 0 Å². The maximum atomic E-state index is 11.7. The van der Waals surface area contributed by atoms with E-state index in [9.17, 15) is 9.90 Å². The first-order valence-corrected chi connectivity index (χ1v) is 7.84. The Morgan fingerprint density at radius 2 is 1.95 bits per heavy atom. The van der Waals surface area contributed by atoms with E-state index in [1.165, 1.54) is 0 Å². The summed E-state index contributed by atoms with van der Waals surface area (Å²) in [5.41, 5.74) is -1.01. The fourth-order valence-corrected chi connectivity index (χ4v) is 2.48. The number of ether oxygens (including phenoxy) is 3. The molecule has 5 nitrogen and oxygen atoms in total. The maximum absolute atomic E-state index is 11.7. The topological polar surface area (TPSA) is 65.0 Å². The van der Waals surface area contributed by atoms with E-state index in [4.69, 9.17) is 14.2 Å². The fraction of sp³-hybridized carbons (Fsp3) is 0.938. The van der Waals surface area contributed by atoms with Crippen LogP contribution in [0.5, 0.6) is 0 Å². The van der Waals surface area contributed by atoms with Gasteiger partial charge in [-0.1, -0.05) is 0 Å². The number of carbonyl (C=O) groups is 1. The summed E-state index contributed by atoms with van der Waals surface area (Å²) in [6.45, 7) is 7.13. The van der Waals surface area contributed by atoms with Gasteiger partial charge in [0.05, 0.1) is 30.3 Å². The van der Waals surface area contributed by atoms with Crippen molar-refractivity contribution in [3.8, 4) is 0 Å². The van der Waals surface area contributed by atoms with Crippen molar-refractivity contribution in [3.63, 3.8) is 0 Å². The molecule has 0 aromatic rings. The zero-order valence-electron chi connectivity index (χ0n) is 13.8. The highest BCUT2D eigenvalue weighted by molar-refractivity contribution is 5.72. The quantitative estimate of drug-likeness (QED) is 0.550. The van der Waals surface area contributed by atoms with Crippen molar-refractivity contribution in [2.45, 2.75) is 64.1 Å². The zero-order chi connectivity index (χ0) is 15.9. The summed E-state index contributed by atoms with van der Waals surface area (Å²) in [5, 5.41) is 10.5. The molecule has 1 N–H and O–H groups in total. The van der Waals surface area contributed by atoms with Crippen LogP contribution in [-0.2, 0) is 19.0 Å². The number of rotatable bonds is 8. The largest absolute Gasteiger partial charge is 0.466 e. The lowest BCUT2D eigenvalue weighted by atomic mass is 9.79. The number of aliphatic hydroxyl groups is 1. The van der Waals surface area contributed by atoms with Crippen LogP contribution in [0.2, 0.25) is 0 Å². The van der Waals surface area contributed by atoms with Crippen molar-refractivity contribution in [1.82, 2.24) is 0 Å². The van der Waals surface area contributed by atoms with Gasteiger partial charge < -0.3 is 19.3 Å². The van der Waals surface area contributed by atoms with E-state index in [1.54, 1.807) is 7.11 Å². The van der Waals surface area contributed by atoms with Gasteiger partial charge in [-0.3, -0.25) is 4.79 Å². The Balaban J connectivity index is 2.26. The molecule has 124 valence electrons. The Hall–Kier alpha value is -0.650. The van der Waals surface area contributed by atoms with Crippen molar-refractivity contribution in [1.29, 1.82) is 0 Å². The van der Waals surface area contributed by atoms with Crippen LogP contribution in [-0.4, -0.2) is 49.2 Å². The fourth-order valence-electron chi connectivity index (χ4n) is 2.48. The second-order valence-corrected chi connectivity index (χ2v) is 6.52.